The molecule has 0 rings (SSSR count). The minimum Gasteiger partial charge on any atom is -0.480 e. The molecule has 0 heterocycles. The minimum atomic E-state index is -1.28. The molecule has 11 heteroatoms. The van der Waals surface area contributed by atoms with E-state index < -0.39 is 42.4 Å². The Morgan fingerprint density at radius 3 is 2.27 bits per heavy atom. The second-order valence-corrected chi connectivity index (χ2v) is 4.47. The SMILES string of the molecule is N#CN[C@@H](CCC(=O)N[C@@H](CS)C(=O)NCC(=O)O)C(=O)O. The summed E-state index contributed by atoms with van der Waals surface area (Å²) in [5, 5.41) is 32.0. The zero-order valence-electron chi connectivity index (χ0n) is 11.4. The zero-order chi connectivity index (χ0) is 17.1. The van der Waals surface area contributed by atoms with Gasteiger partial charge in [0.2, 0.25) is 11.8 Å². The van der Waals surface area contributed by atoms with Crippen LogP contribution >= 0.6 is 12.6 Å². The molecule has 0 fully saturated rings. The van der Waals surface area contributed by atoms with Gasteiger partial charge >= 0.3 is 11.9 Å². The summed E-state index contributed by atoms with van der Waals surface area (Å²) in [5.74, 6) is -3.90. The zero-order valence-corrected chi connectivity index (χ0v) is 12.3. The van der Waals surface area contributed by atoms with Crippen LogP contribution in [0.4, 0.5) is 0 Å². The first-order valence-electron chi connectivity index (χ1n) is 6.09. The maximum Gasteiger partial charge on any atom is 0.326 e. The van der Waals surface area contributed by atoms with E-state index in [0.29, 0.717) is 0 Å². The van der Waals surface area contributed by atoms with Crippen molar-refractivity contribution in [2.75, 3.05) is 12.3 Å². The molecule has 0 aromatic rings. The first-order chi connectivity index (χ1) is 10.3. The Morgan fingerprint density at radius 1 is 1.18 bits per heavy atom. The van der Waals surface area contributed by atoms with Crippen LogP contribution in [0.25, 0.3) is 0 Å². The van der Waals surface area contributed by atoms with Crippen LogP contribution in [-0.2, 0) is 19.2 Å². The fourth-order valence-corrected chi connectivity index (χ4v) is 1.61. The van der Waals surface area contributed by atoms with Crippen LogP contribution in [0.3, 0.4) is 0 Å². The van der Waals surface area contributed by atoms with E-state index in [1.807, 2.05) is 5.32 Å². The van der Waals surface area contributed by atoms with Crippen molar-refractivity contribution in [3.63, 3.8) is 0 Å². The Bertz CT molecular complexity index is 478. The molecule has 0 unspecified atom stereocenters. The molecular weight excluding hydrogens is 316 g/mol. The number of nitriles is 1. The number of carbonyl (C=O) groups is 4. The first-order valence-corrected chi connectivity index (χ1v) is 6.72. The van der Waals surface area contributed by atoms with E-state index in [2.05, 4.69) is 23.3 Å². The lowest BCUT2D eigenvalue weighted by Gasteiger charge is -2.16. The molecule has 0 saturated heterocycles. The van der Waals surface area contributed by atoms with Gasteiger partial charge in [0.15, 0.2) is 6.19 Å². The van der Waals surface area contributed by atoms with E-state index in [4.69, 9.17) is 15.5 Å². The number of hydrogen-bond donors (Lipinski definition) is 6. The predicted molar refractivity (Wildman–Crippen MR) is 75.8 cm³/mol. The molecule has 5 N–H and O–H groups in total. The average molecular weight is 332 g/mol. The lowest BCUT2D eigenvalue weighted by molar-refractivity contribution is -0.139. The molecule has 0 saturated carbocycles. The highest BCUT2D eigenvalue weighted by Crippen LogP contribution is 1.99. The van der Waals surface area contributed by atoms with E-state index in [-0.39, 0.29) is 18.6 Å². The quantitative estimate of drug-likeness (QED) is 0.150. The van der Waals surface area contributed by atoms with E-state index in [0.717, 1.165) is 0 Å². The normalized spacial score (nSPS) is 12.4. The summed E-state index contributed by atoms with van der Waals surface area (Å²) in [4.78, 5) is 44.3. The summed E-state index contributed by atoms with van der Waals surface area (Å²) in [7, 11) is 0. The van der Waals surface area contributed by atoms with Gasteiger partial charge in [-0.25, -0.2) is 4.79 Å². The van der Waals surface area contributed by atoms with Gasteiger partial charge in [-0.15, -0.1) is 0 Å². The fraction of sp³-hybridized carbons (Fsp3) is 0.545. The van der Waals surface area contributed by atoms with Crippen LogP contribution < -0.4 is 16.0 Å². The van der Waals surface area contributed by atoms with E-state index in [1.54, 1.807) is 0 Å². The number of rotatable bonds is 10. The van der Waals surface area contributed by atoms with Crippen molar-refractivity contribution in [1.29, 1.82) is 5.26 Å². The predicted octanol–water partition coefficient (Wildman–Crippen LogP) is -2.09. The minimum absolute atomic E-state index is 0.0595. The molecule has 0 aliphatic carbocycles. The molecule has 0 spiro atoms. The smallest absolute Gasteiger partial charge is 0.326 e. The molecule has 0 aliphatic heterocycles. The van der Waals surface area contributed by atoms with Crippen LogP contribution in [0.15, 0.2) is 0 Å². The Morgan fingerprint density at radius 2 is 1.82 bits per heavy atom. The Hall–Kier alpha value is -2.48. The van der Waals surface area contributed by atoms with Gasteiger partial charge in [0, 0.05) is 12.2 Å². The van der Waals surface area contributed by atoms with Gasteiger partial charge in [-0.05, 0) is 6.42 Å². The van der Waals surface area contributed by atoms with E-state index in [1.165, 1.54) is 6.19 Å². The summed E-state index contributed by atoms with van der Waals surface area (Å²) >= 11 is 3.88. The lowest BCUT2D eigenvalue weighted by Crippen LogP contribution is -2.49. The highest BCUT2D eigenvalue weighted by molar-refractivity contribution is 7.80. The van der Waals surface area contributed by atoms with Crippen LogP contribution in [0.2, 0.25) is 0 Å². The summed E-state index contributed by atoms with van der Waals surface area (Å²) in [6.07, 6.45) is 1.09. The lowest BCUT2D eigenvalue weighted by atomic mass is 10.1. The van der Waals surface area contributed by atoms with Crippen molar-refractivity contribution in [2.24, 2.45) is 0 Å². The van der Waals surface area contributed by atoms with Crippen molar-refractivity contribution in [3.05, 3.63) is 0 Å². The number of nitrogens with one attached hydrogen (secondary N) is 3. The number of carbonyl (C=O) groups excluding carboxylic acids is 2. The fourth-order valence-electron chi connectivity index (χ4n) is 1.36. The number of nitrogens with zero attached hydrogens (tertiary/aromatic N) is 1. The summed E-state index contributed by atoms with van der Waals surface area (Å²) in [6, 6.07) is -2.24. The number of amides is 2. The average Bonchev–Trinajstić information content (AvgIpc) is 2.46. The number of aliphatic carboxylic acids is 2. The molecule has 0 aromatic carbocycles. The third-order valence-corrected chi connectivity index (χ3v) is 2.81. The second kappa shape index (κ2) is 10.3. The maximum atomic E-state index is 11.6. The largest absolute Gasteiger partial charge is 0.480 e. The summed E-state index contributed by atoms with van der Waals surface area (Å²) < 4.78 is 0. The number of carboxylic acids is 2. The number of hydrogen-bond acceptors (Lipinski definition) is 7. The van der Waals surface area contributed by atoms with Crippen molar-refractivity contribution in [1.82, 2.24) is 16.0 Å². The first kappa shape index (κ1) is 19.5. The third-order valence-electron chi connectivity index (χ3n) is 2.45. The van der Waals surface area contributed by atoms with Crippen molar-refractivity contribution in [2.45, 2.75) is 24.9 Å². The second-order valence-electron chi connectivity index (χ2n) is 4.10. The maximum absolute atomic E-state index is 11.6. The van der Waals surface area contributed by atoms with Gasteiger partial charge in [-0.3, -0.25) is 14.4 Å². The number of carboxylic acid groups (broad SMARTS) is 2. The number of thiol groups is 1. The van der Waals surface area contributed by atoms with Crippen LogP contribution in [-0.4, -0.2) is 58.3 Å². The molecular formula is C11H16N4O6S. The van der Waals surface area contributed by atoms with Crippen LogP contribution in [0.1, 0.15) is 12.8 Å². The van der Waals surface area contributed by atoms with Gasteiger partial charge < -0.3 is 26.2 Å². The van der Waals surface area contributed by atoms with Gasteiger partial charge in [0.05, 0.1) is 0 Å². The molecule has 0 aromatic heterocycles. The van der Waals surface area contributed by atoms with Gasteiger partial charge in [0.25, 0.3) is 0 Å². The van der Waals surface area contributed by atoms with E-state index >= 15 is 0 Å². The van der Waals surface area contributed by atoms with Crippen LogP contribution in [0.5, 0.6) is 0 Å². The molecule has 2 amide bonds. The summed E-state index contributed by atoms with van der Waals surface area (Å²) in [6.45, 7) is -0.591. The summed E-state index contributed by atoms with van der Waals surface area (Å²) in [5.41, 5.74) is 0. The molecule has 22 heavy (non-hydrogen) atoms. The Labute approximate surface area is 131 Å². The van der Waals surface area contributed by atoms with Gasteiger partial charge in [-0.1, -0.05) is 0 Å². The van der Waals surface area contributed by atoms with Crippen molar-refractivity contribution >= 4 is 36.4 Å². The third kappa shape index (κ3) is 7.95. The molecule has 0 bridgehead atoms. The molecule has 0 radical (unpaired) electrons. The Kier molecular flexibility index (Phi) is 9.12. The highest BCUT2D eigenvalue weighted by Gasteiger charge is 2.22. The highest BCUT2D eigenvalue weighted by atomic mass is 32.1. The molecule has 122 valence electrons. The van der Waals surface area contributed by atoms with E-state index in [9.17, 15) is 19.2 Å². The molecule has 10 nitrogen and oxygen atoms in total. The van der Waals surface area contributed by atoms with Gasteiger partial charge in [0.1, 0.15) is 18.6 Å². The molecule has 2 atom stereocenters. The molecule has 0 aliphatic rings. The monoisotopic (exact) mass is 332 g/mol. The van der Waals surface area contributed by atoms with Crippen molar-refractivity contribution < 1.29 is 29.4 Å². The standard InChI is InChI=1S/C11H16N4O6S/c12-5-14-6(11(20)21)1-2-8(16)15-7(4-22)10(19)13-3-9(17)18/h6-7,14,22H,1-4H2,(H,13,19)(H,15,16)(H,17,18)(H,20,21)/t6-,7-/m0/s1. The topological polar surface area (TPSA) is 169 Å². The Balaban J connectivity index is 4.36. The van der Waals surface area contributed by atoms with Crippen molar-refractivity contribution in [3.8, 4) is 6.19 Å². The van der Waals surface area contributed by atoms with Crippen LogP contribution in [0, 0.1) is 11.5 Å². The van der Waals surface area contributed by atoms with Gasteiger partial charge in [-0.2, -0.15) is 17.9 Å².